The number of amides is 1. The van der Waals surface area contributed by atoms with Crippen LogP contribution in [0.15, 0.2) is 0 Å². The van der Waals surface area contributed by atoms with E-state index in [2.05, 4.69) is 27.4 Å². The third-order valence-corrected chi connectivity index (χ3v) is 2.74. The molecule has 16 heavy (non-hydrogen) atoms. The Bertz CT molecular complexity index is 357. The van der Waals surface area contributed by atoms with Crippen molar-refractivity contribution in [1.82, 2.24) is 20.5 Å². The van der Waals surface area contributed by atoms with Gasteiger partial charge in [0.1, 0.15) is 5.82 Å². The number of carbonyl (C=O) groups excluding carboxylic acids is 1. The molecule has 1 amide bonds. The van der Waals surface area contributed by atoms with Crippen LogP contribution >= 0.6 is 0 Å². The lowest BCUT2D eigenvalue weighted by molar-refractivity contribution is 0.0943. The first-order valence-corrected chi connectivity index (χ1v) is 6.01. The normalized spacial score (nSPS) is 15.1. The minimum Gasteiger partial charge on any atom is -0.349 e. The molecule has 1 aliphatic rings. The molecule has 0 aliphatic heterocycles. The molecule has 0 unspecified atom stereocenters. The van der Waals surface area contributed by atoms with Crippen LogP contribution in [0.2, 0.25) is 0 Å². The molecular formula is C11H18N4O. The van der Waals surface area contributed by atoms with Crippen molar-refractivity contribution in [1.29, 1.82) is 0 Å². The van der Waals surface area contributed by atoms with Gasteiger partial charge in [-0.1, -0.05) is 19.8 Å². The monoisotopic (exact) mass is 222 g/mol. The van der Waals surface area contributed by atoms with Gasteiger partial charge >= 0.3 is 0 Å². The van der Waals surface area contributed by atoms with Crippen LogP contribution in [0, 0.1) is 0 Å². The minimum absolute atomic E-state index is 0.167. The van der Waals surface area contributed by atoms with E-state index in [4.69, 9.17) is 0 Å². The maximum Gasteiger partial charge on any atom is 0.290 e. The zero-order valence-corrected chi connectivity index (χ0v) is 9.62. The second-order valence-corrected chi connectivity index (χ2v) is 4.28. The third-order valence-electron chi connectivity index (χ3n) is 2.74. The molecule has 0 atom stereocenters. The Kier molecular flexibility index (Phi) is 3.54. The molecule has 88 valence electrons. The fourth-order valence-corrected chi connectivity index (χ4v) is 1.57. The third kappa shape index (κ3) is 2.81. The Morgan fingerprint density at radius 2 is 2.31 bits per heavy atom. The first kappa shape index (κ1) is 11.1. The predicted octanol–water partition coefficient (Wildman–Crippen LogP) is 1.60. The van der Waals surface area contributed by atoms with Gasteiger partial charge in [-0.2, -0.15) is 0 Å². The molecule has 0 aromatic carbocycles. The summed E-state index contributed by atoms with van der Waals surface area (Å²) >= 11 is 0. The van der Waals surface area contributed by atoms with Crippen molar-refractivity contribution in [2.75, 3.05) is 6.54 Å². The van der Waals surface area contributed by atoms with Gasteiger partial charge in [0.15, 0.2) is 0 Å². The van der Waals surface area contributed by atoms with Gasteiger partial charge in [-0.3, -0.25) is 9.89 Å². The SMILES string of the molecule is CCCCCNC(=O)c1n[nH]c(C2CC2)n1. The molecule has 5 nitrogen and oxygen atoms in total. The molecule has 1 heterocycles. The summed E-state index contributed by atoms with van der Waals surface area (Å²) in [5, 5.41) is 9.58. The maximum atomic E-state index is 11.6. The van der Waals surface area contributed by atoms with Crippen molar-refractivity contribution in [2.24, 2.45) is 0 Å². The van der Waals surface area contributed by atoms with Crippen LogP contribution in [-0.4, -0.2) is 27.6 Å². The molecule has 1 fully saturated rings. The fraction of sp³-hybridized carbons (Fsp3) is 0.727. The fourth-order valence-electron chi connectivity index (χ4n) is 1.57. The van der Waals surface area contributed by atoms with E-state index in [0.717, 1.165) is 37.9 Å². The summed E-state index contributed by atoms with van der Waals surface area (Å²) in [6.07, 6.45) is 5.63. The molecule has 1 aliphatic carbocycles. The van der Waals surface area contributed by atoms with E-state index in [-0.39, 0.29) is 11.7 Å². The zero-order chi connectivity index (χ0) is 11.4. The highest BCUT2D eigenvalue weighted by atomic mass is 16.2. The first-order chi connectivity index (χ1) is 7.81. The average Bonchev–Trinajstić information content (AvgIpc) is 3.02. The summed E-state index contributed by atoms with van der Waals surface area (Å²) < 4.78 is 0. The molecule has 0 radical (unpaired) electrons. The van der Waals surface area contributed by atoms with Crippen molar-refractivity contribution in [3.8, 4) is 0 Å². The Hall–Kier alpha value is -1.39. The molecule has 1 aromatic rings. The maximum absolute atomic E-state index is 11.6. The summed E-state index contributed by atoms with van der Waals surface area (Å²) in [5.41, 5.74) is 0. The number of unbranched alkanes of at least 4 members (excludes halogenated alkanes) is 2. The van der Waals surface area contributed by atoms with Crippen molar-refractivity contribution in [3.63, 3.8) is 0 Å². The molecule has 0 bridgehead atoms. The Balaban J connectivity index is 1.78. The summed E-state index contributed by atoms with van der Waals surface area (Å²) in [4.78, 5) is 15.8. The smallest absolute Gasteiger partial charge is 0.290 e. The lowest BCUT2D eigenvalue weighted by Gasteiger charge is -2.00. The van der Waals surface area contributed by atoms with Gasteiger partial charge in [-0.15, -0.1) is 5.10 Å². The number of aromatic amines is 1. The Labute approximate surface area is 95.0 Å². The van der Waals surface area contributed by atoms with Crippen molar-refractivity contribution in [3.05, 3.63) is 11.6 Å². The standard InChI is InChI=1S/C11H18N4O/c1-2-3-4-7-12-11(16)10-13-9(14-15-10)8-5-6-8/h8H,2-7H2,1H3,(H,12,16)(H,13,14,15). The number of H-pyrrole nitrogens is 1. The van der Waals surface area contributed by atoms with Crippen LogP contribution in [0.3, 0.4) is 0 Å². The van der Waals surface area contributed by atoms with Gasteiger partial charge in [-0.25, -0.2) is 4.98 Å². The lowest BCUT2D eigenvalue weighted by atomic mass is 10.2. The number of aromatic nitrogens is 3. The van der Waals surface area contributed by atoms with E-state index in [9.17, 15) is 4.79 Å². The molecule has 0 spiro atoms. The van der Waals surface area contributed by atoms with E-state index in [1.807, 2.05) is 0 Å². The van der Waals surface area contributed by atoms with Crippen LogP contribution in [0.1, 0.15) is 61.4 Å². The van der Waals surface area contributed by atoms with Crippen LogP contribution in [-0.2, 0) is 0 Å². The zero-order valence-electron chi connectivity index (χ0n) is 9.62. The highest BCUT2D eigenvalue weighted by Gasteiger charge is 2.27. The molecule has 2 N–H and O–H groups in total. The van der Waals surface area contributed by atoms with Gasteiger partial charge in [-0.05, 0) is 19.3 Å². The van der Waals surface area contributed by atoms with Crippen molar-refractivity contribution in [2.45, 2.75) is 44.9 Å². The van der Waals surface area contributed by atoms with Gasteiger partial charge < -0.3 is 5.32 Å². The molecule has 0 saturated heterocycles. The highest BCUT2D eigenvalue weighted by molar-refractivity contribution is 5.90. The number of hydrogen-bond donors (Lipinski definition) is 2. The summed E-state index contributed by atoms with van der Waals surface area (Å²) in [7, 11) is 0. The number of nitrogens with one attached hydrogen (secondary N) is 2. The summed E-state index contributed by atoms with van der Waals surface area (Å²) in [6, 6.07) is 0. The van der Waals surface area contributed by atoms with E-state index in [1.54, 1.807) is 0 Å². The second-order valence-electron chi connectivity index (χ2n) is 4.28. The van der Waals surface area contributed by atoms with Gasteiger partial charge in [0.25, 0.3) is 5.91 Å². The average molecular weight is 222 g/mol. The van der Waals surface area contributed by atoms with Gasteiger partial charge in [0.2, 0.25) is 5.82 Å². The van der Waals surface area contributed by atoms with Crippen LogP contribution in [0.25, 0.3) is 0 Å². The van der Waals surface area contributed by atoms with Gasteiger partial charge in [0.05, 0.1) is 0 Å². The number of nitrogens with zero attached hydrogens (tertiary/aromatic N) is 2. The second kappa shape index (κ2) is 5.09. The quantitative estimate of drug-likeness (QED) is 0.718. The van der Waals surface area contributed by atoms with E-state index < -0.39 is 0 Å². The van der Waals surface area contributed by atoms with Crippen LogP contribution in [0.4, 0.5) is 0 Å². The Morgan fingerprint density at radius 3 is 3.00 bits per heavy atom. The van der Waals surface area contributed by atoms with E-state index in [1.165, 1.54) is 0 Å². The van der Waals surface area contributed by atoms with Crippen LogP contribution < -0.4 is 5.32 Å². The van der Waals surface area contributed by atoms with Crippen LogP contribution in [0.5, 0.6) is 0 Å². The number of rotatable bonds is 6. The number of carbonyl (C=O) groups is 1. The molecule has 2 rings (SSSR count). The lowest BCUT2D eigenvalue weighted by Crippen LogP contribution is -2.25. The number of hydrogen-bond acceptors (Lipinski definition) is 3. The molecule has 1 aromatic heterocycles. The summed E-state index contributed by atoms with van der Waals surface area (Å²) in [6.45, 7) is 2.85. The minimum atomic E-state index is -0.167. The Morgan fingerprint density at radius 1 is 1.50 bits per heavy atom. The molecule has 1 saturated carbocycles. The predicted molar refractivity (Wildman–Crippen MR) is 60.2 cm³/mol. The topological polar surface area (TPSA) is 70.7 Å². The van der Waals surface area contributed by atoms with Crippen molar-refractivity contribution < 1.29 is 4.79 Å². The first-order valence-electron chi connectivity index (χ1n) is 6.01. The van der Waals surface area contributed by atoms with Crippen molar-refractivity contribution >= 4 is 5.91 Å². The summed E-state index contributed by atoms with van der Waals surface area (Å²) in [5.74, 6) is 1.48. The van der Waals surface area contributed by atoms with Gasteiger partial charge in [0, 0.05) is 12.5 Å². The molecule has 5 heteroatoms. The molecular weight excluding hydrogens is 204 g/mol. The van der Waals surface area contributed by atoms with E-state index in [0.29, 0.717) is 12.5 Å². The largest absolute Gasteiger partial charge is 0.349 e. The van der Waals surface area contributed by atoms with E-state index >= 15 is 0 Å². The highest BCUT2D eigenvalue weighted by Crippen LogP contribution is 2.37.